The van der Waals surface area contributed by atoms with Crippen molar-refractivity contribution in [2.75, 3.05) is 25.2 Å². The summed E-state index contributed by atoms with van der Waals surface area (Å²) < 4.78 is 5.85. The number of rotatable bonds is 10. The Bertz CT molecular complexity index is 271. The molecule has 0 aliphatic heterocycles. The van der Waals surface area contributed by atoms with Gasteiger partial charge in [-0.05, 0) is 50.5 Å². The highest BCUT2D eigenvalue weighted by Gasteiger charge is 2.25. The number of carbonyl (C=O) groups is 1. The summed E-state index contributed by atoms with van der Waals surface area (Å²) in [6.45, 7) is 3.47. The lowest BCUT2D eigenvalue weighted by Crippen LogP contribution is -2.42. The summed E-state index contributed by atoms with van der Waals surface area (Å²) >= 11 is 1.72. The molecule has 1 fully saturated rings. The summed E-state index contributed by atoms with van der Waals surface area (Å²) in [7, 11) is 0. The lowest BCUT2D eigenvalue weighted by molar-refractivity contribution is -0.122. The normalized spacial score (nSPS) is 18.9. The lowest BCUT2D eigenvalue weighted by Gasteiger charge is -2.23. The van der Waals surface area contributed by atoms with Gasteiger partial charge in [0.05, 0.1) is 12.1 Å². The quantitative estimate of drug-likeness (QED) is 0.649. The van der Waals surface area contributed by atoms with Gasteiger partial charge in [-0.2, -0.15) is 11.8 Å². The number of nitrogens with one attached hydrogen (secondary N) is 1. The molecule has 1 aliphatic carbocycles. The zero-order valence-electron chi connectivity index (χ0n) is 12.9. The summed E-state index contributed by atoms with van der Waals surface area (Å²) in [5.74, 6) is 1.58. The zero-order chi connectivity index (χ0) is 14.8. The average Bonchev–Trinajstić information content (AvgIpc) is 2.97. The maximum atomic E-state index is 11.8. The van der Waals surface area contributed by atoms with Gasteiger partial charge in [-0.3, -0.25) is 4.79 Å². The maximum absolute atomic E-state index is 11.8. The van der Waals surface area contributed by atoms with Crippen molar-refractivity contribution in [1.82, 2.24) is 5.32 Å². The van der Waals surface area contributed by atoms with Crippen LogP contribution in [-0.2, 0) is 9.53 Å². The second-order valence-corrected chi connectivity index (χ2v) is 6.49. The van der Waals surface area contributed by atoms with Crippen molar-refractivity contribution >= 4 is 17.7 Å². The number of ether oxygens (including phenoxy) is 1. The van der Waals surface area contributed by atoms with Gasteiger partial charge in [0.1, 0.15) is 0 Å². The average molecular weight is 302 g/mol. The molecule has 0 heterocycles. The van der Waals surface area contributed by atoms with E-state index in [9.17, 15) is 4.79 Å². The Balaban J connectivity index is 2.23. The first-order chi connectivity index (χ1) is 9.69. The smallest absolute Gasteiger partial charge is 0.236 e. The third kappa shape index (κ3) is 6.46. The second-order valence-electron chi connectivity index (χ2n) is 5.51. The van der Waals surface area contributed by atoms with Crippen LogP contribution in [0.3, 0.4) is 0 Å². The molecule has 1 saturated carbocycles. The monoisotopic (exact) mass is 302 g/mol. The van der Waals surface area contributed by atoms with E-state index in [-0.39, 0.29) is 11.9 Å². The molecule has 0 saturated heterocycles. The number of thioether (sulfide) groups is 1. The first-order valence-corrected chi connectivity index (χ1v) is 9.22. The van der Waals surface area contributed by atoms with E-state index in [1.807, 2.05) is 13.2 Å². The molecule has 0 bridgehead atoms. The molecule has 118 valence electrons. The fraction of sp³-hybridized carbons (Fsp3) is 0.933. The van der Waals surface area contributed by atoms with Crippen LogP contribution in [0, 0.1) is 5.92 Å². The van der Waals surface area contributed by atoms with Gasteiger partial charge in [-0.15, -0.1) is 0 Å². The number of nitrogens with two attached hydrogens (primary N) is 1. The predicted molar refractivity (Wildman–Crippen MR) is 86.0 cm³/mol. The van der Waals surface area contributed by atoms with E-state index in [0.717, 1.165) is 25.2 Å². The van der Waals surface area contributed by atoms with Crippen LogP contribution in [0.15, 0.2) is 0 Å². The third-order valence-electron chi connectivity index (χ3n) is 4.00. The van der Waals surface area contributed by atoms with Crippen LogP contribution in [0.25, 0.3) is 0 Å². The van der Waals surface area contributed by atoms with E-state index in [4.69, 9.17) is 10.5 Å². The first kappa shape index (κ1) is 17.8. The number of hydrogen-bond donors (Lipinski definition) is 2. The van der Waals surface area contributed by atoms with Crippen molar-refractivity contribution in [3.8, 4) is 0 Å². The standard InChI is InChI=1S/C15H30N2O2S/c1-3-19-14(12-6-4-5-7-12)8-10-17-15(18)13(16)9-11-20-2/h12-14H,3-11,16H2,1-2H3,(H,17,18)/t13-,14?/m0/s1. The molecule has 0 aromatic carbocycles. The van der Waals surface area contributed by atoms with Crippen LogP contribution in [0.1, 0.15) is 45.4 Å². The lowest BCUT2D eigenvalue weighted by atomic mass is 9.98. The minimum atomic E-state index is -0.375. The summed E-state index contributed by atoms with van der Waals surface area (Å²) in [4.78, 5) is 11.8. The van der Waals surface area contributed by atoms with Crippen molar-refractivity contribution < 1.29 is 9.53 Å². The van der Waals surface area contributed by atoms with Crippen LogP contribution in [-0.4, -0.2) is 43.2 Å². The summed E-state index contributed by atoms with van der Waals surface area (Å²) in [6, 6.07) is -0.375. The van der Waals surface area contributed by atoms with Crippen molar-refractivity contribution in [1.29, 1.82) is 0 Å². The Morgan fingerprint density at radius 1 is 1.40 bits per heavy atom. The fourth-order valence-electron chi connectivity index (χ4n) is 2.84. The molecular formula is C15H30N2O2S. The van der Waals surface area contributed by atoms with Crippen molar-refractivity contribution in [2.24, 2.45) is 11.7 Å². The van der Waals surface area contributed by atoms with Gasteiger partial charge in [-0.1, -0.05) is 12.8 Å². The van der Waals surface area contributed by atoms with Crippen molar-refractivity contribution in [3.05, 3.63) is 0 Å². The topological polar surface area (TPSA) is 64.3 Å². The van der Waals surface area contributed by atoms with E-state index < -0.39 is 0 Å². The largest absolute Gasteiger partial charge is 0.378 e. The molecule has 1 rings (SSSR count). The second kappa shape index (κ2) is 10.5. The molecule has 0 aromatic rings. The van der Waals surface area contributed by atoms with Gasteiger partial charge < -0.3 is 15.8 Å². The highest BCUT2D eigenvalue weighted by molar-refractivity contribution is 7.98. The van der Waals surface area contributed by atoms with Crippen LogP contribution >= 0.6 is 11.8 Å². The Labute approximate surface area is 127 Å². The van der Waals surface area contributed by atoms with E-state index in [0.29, 0.717) is 18.6 Å². The molecule has 2 atom stereocenters. The van der Waals surface area contributed by atoms with Gasteiger partial charge in [0.15, 0.2) is 0 Å². The molecule has 1 aliphatic rings. The fourth-order valence-corrected chi connectivity index (χ4v) is 3.33. The van der Waals surface area contributed by atoms with E-state index in [1.54, 1.807) is 11.8 Å². The Hall–Kier alpha value is -0.260. The Morgan fingerprint density at radius 3 is 2.70 bits per heavy atom. The molecule has 0 radical (unpaired) electrons. The number of hydrogen-bond acceptors (Lipinski definition) is 4. The Morgan fingerprint density at radius 2 is 2.10 bits per heavy atom. The minimum absolute atomic E-state index is 0.0271. The van der Waals surface area contributed by atoms with Crippen molar-refractivity contribution in [2.45, 2.75) is 57.6 Å². The highest BCUT2D eigenvalue weighted by atomic mass is 32.2. The van der Waals surface area contributed by atoms with Crippen molar-refractivity contribution in [3.63, 3.8) is 0 Å². The molecule has 3 N–H and O–H groups in total. The Kier molecular flexibility index (Phi) is 9.31. The molecular weight excluding hydrogens is 272 g/mol. The highest BCUT2D eigenvalue weighted by Crippen LogP contribution is 2.30. The molecule has 20 heavy (non-hydrogen) atoms. The predicted octanol–water partition coefficient (Wildman–Crippen LogP) is 2.17. The van der Waals surface area contributed by atoms with E-state index in [1.165, 1.54) is 25.7 Å². The van der Waals surface area contributed by atoms with Crippen LogP contribution in [0.5, 0.6) is 0 Å². The maximum Gasteiger partial charge on any atom is 0.236 e. The molecule has 0 spiro atoms. The van der Waals surface area contributed by atoms with Crippen LogP contribution < -0.4 is 11.1 Å². The van der Waals surface area contributed by atoms with Gasteiger partial charge in [0.2, 0.25) is 5.91 Å². The summed E-state index contributed by atoms with van der Waals surface area (Å²) in [6.07, 6.45) is 9.14. The van der Waals surface area contributed by atoms with Gasteiger partial charge in [0.25, 0.3) is 0 Å². The molecule has 4 nitrogen and oxygen atoms in total. The minimum Gasteiger partial charge on any atom is -0.378 e. The summed E-state index contributed by atoms with van der Waals surface area (Å²) in [5, 5.41) is 2.95. The SMILES string of the molecule is CCOC(CCNC(=O)[C@@H](N)CCSC)C1CCCC1. The van der Waals surface area contributed by atoms with Gasteiger partial charge in [-0.25, -0.2) is 0 Å². The van der Waals surface area contributed by atoms with E-state index in [2.05, 4.69) is 5.32 Å². The van der Waals surface area contributed by atoms with Gasteiger partial charge >= 0.3 is 0 Å². The molecule has 1 amide bonds. The third-order valence-corrected chi connectivity index (χ3v) is 4.65. The number of carbonyl (C=O) groups excluding carboxylic acids is 1. The zero-order valence-corrected chi connectivity index (χ0v) is 13.7. The van der Waals surface area contributed by atoms with E-state index >= 15 is 0 Å². The first-order valence-electron chi connectivity index (χ1n) is 7.82. The van der Waals surface area contributed by atoms with Gasteiger partial charge in [0, 0.05) is 13.2 Å². The summed E-state index contributed by atoms with van der Waals surface area (Å²) in [5.41, 5.74) is 5.84. The molecule has 5 heteroatoms. The molecule has 1 unspecified atom stereocenters. The number of amides is 1. The van der Waals surface area contributed by atoms with Crippen LogP contribution in [0.4, 0.5) is 0 Å². The molecule has 0 aromatic heterocycles. The van der Waals surface area contributed by atoms with Crippen LogP contribution in [0.2, 0.25) is 0 Å².